The van der Waals surface area contributed by atoms with Gasteiger partial charge < -0.3 is 25.1 Å². The lowest BCUT2D eigenvalue weighted by atomic mass is 10.2. The number of aromatic nitrogens is 3. The zero-order chi connectivity index (χ0) is 16.1. The third-order valence-corrected chi connectivity index (χ3v) is 3.45. The largest absolute Gasteiger partial charge is 0.497 e. The fourth-order valence-electron chi connectivity index (χ4n) is 2.31. The van der Waals surface area contributed by atoms with Crippen molar-refractivity contribution in [1.82, 2.24) is 15.0 Å². The fourth-order valence-corrected chi connectivity index (χ4v) is 2.31. The molecule has 0 amide bonds. The number of benzene rings is 1. The Morgan fingerprint density at radius 3 is 2.48 bits per heavy atom. The molecule has 0 bridgehead atoms. The molecule has 0 unspecified atom stereocenters. The van der Waals surface area contributed by atoms with Crippen LogP contribution in [0.2, 0.25) is 0 Å². The van der Waals surface area contributed by atoms with E-state index in [1.807, 2.05) is 30.5 Å². The number of hydrogen-bond donors (Lipinski definition) is 3. The molecule has 7 heteroatoms. The van der Waals surface area contributed by atoms with Crippen LogP contribution in [-0.2, 0) is 0 Å². The summed E-state index contributed by atoms with van der Waals surface area (Å²) < 4.78 is 10.5. The molecule has 2 heterocycles. The third-order valence-electron chi connectivity index (χ3n) is 3.45. The van der Waals surface area contributed by atoms with E-state index in [1.54, 1.807) is 20.5 Å². The molecule has 120 valence electrons. The summed E-state index contributed by atoms with van der Waals surface area (Å²) >= 11 is 0. The van der Waals surface area contributed by atoms with E-state index in [2.05, 4.69) is 25.6 Å². The first-order valence-electron chi connectivity index (χ1n) is 7.29. The summed E-state index contributed by atoms with van der Waals surface area (Å²) in [4.78, 5) is 11.5. The number of aromatic amines is 1. The molecule has 0 radical (unpaired) electrons. The van der Waals surface area contributed by atoms with Gasteiger partial charge in [-0.3, -0.25) is 0 Å². The first kappa shape index (κ1) is 15.0. The smallest absolute Gasteiger partial charge is 0.142 e. The number of ether oxygens (including phenoxy) is 2. The number of hydrogen-bond acceptors (Lipinski definition) is 6. The highest BCUT2D eigenvalue weighted by Gasteiger charge is 2.04. The van der Waals surface area contributed by atoms with Crippen LogP contribution in [0.3, 0.4) is 0 Å². The molecule has 0 saturated heterocycles. The fraction of sp³-hybridized carbons (Fsp3) is 0.250. The second-order valence-corrected chi connectivity index (χ2v) is 4.92. The Hall–Kier alpha value is -2.96. The number of anilines is 2. The quantitative estimate of drug-likeness (QED) is 0.581. The Bertz CT molecular complexity index is 765. The van der Waals surface area contributed by atoms with Gasteiger partial charge in [0, 0.05) is 43.2 Å². The van der Waals surface area contributed by atoms with Crippen molar-refractivity contribution in [3.63, 3.8) is 0 Å². The van der Waals surface area contributed by atoms with Gasteiger partial charge in [0.1, 0.15) is 29.3 Å². The van der Waals surface area contributed by atoms with Gasteiger partial charge in [-0.2, -0.15) is 0 Å². The van der Waals surface area contributed by atoms with Crippen molar-refractivity contribution in [1.29, 1.82) is 0 Å². The van der Waals surface area contributed by atoms with E-state index in [0.29, 0.717) is 0 Å². The van der Waals surface area contributed by atoms with Crippen molar-refractivity contribution in [2.75, 3.05) is 37.9 Å². The van der Waals surface area contributed by atoms with E-state index < -0.39 is 0 Å². The molecule has 3 rings (SSSR count). The minimum Gasteiger partial charge on any atom is -0.497 e. The Labute approximate surface area is 134 Å². The lowest BCUT2D eigenvalue weighted by molar-refractivity contribution is 0.394. The van der Waals surface area contributed by atoms with E-state index in [9.17, 15) is 0 Å². The van der Waals surface area contributed by atoms with Crippen LogP contribution in [0.4, 0.5) is 11.5 Å². The number of methoxy groups -OCH3 is 2. The Morgan fingerprint density at radius 2 is 1.74 bits per heavy atom. The lowest BCUT2D eigenvalue weighted by Gasteiger charge is -2.11. The summed E-state index contributed by atoms with van der Waals surface area (Å²) in [6, 6.07) is 7.65. The molecule has 0 aliphatic heterocycles. The van der Waals surface area contributed by atoms with Crippen molar-refractivity contribution in [2.24, 2.45) is 0 Å². The molecule has 3 aromatic rings. The molecule has 1 aromatic carbocycles. The molecule has 0 aliphatic carbocycles. The van der Waals surface area contributed by atoms with E-state index in [1.165, 1.54) is 0 Å². The highest BCUT2D eigenvalue weighted by atomic mass is 16.5. The highest BCUT2D eigenvalue weighted by molar-refractivity contribution is 5.86. The zero-order valence-electron chi connectivity index (χ0n) is 13.1. The number of nitrogens with one attached hydrogen (secondary N) is 3. The first-order chi connectivity index (χ1) is 11.3. The van der Waals surface area contributed by atoms with Gasteiger partial charge in [0.15, 0.2) is 0 Å². The Kier molecular flexibility index (Phi) is 4.46. The summed E-state index contributed by atoms with van der Waals surface area (Å²) in [5, 5.41) is 7.62. The van der Waals surface area contributed by atoms with Gasteiger partial charge in [0.25, 0.3) is 0 Å². The maximum absolute atomic E-state index is 5.26. The van der Waals surface area contributed by atoms with Gasteiger partial charge in [-0.05, 0) is 6.07 Å². The molecule has 0 fully saturated rings. The van der Waals surface area contributed by atoms with Crippen molar-refractivity contribution in [2.45, 2.75) is 0 Å². The minimum atomic E-state index is 0.719. The van der Waals surface area contributed by atoms with Gasteiger partial charge in [0.05, 0.1) is 19.6 Å². The van der Waals surface area contributed by atoms with Gasteiger partial charge in [-0.25, -0.2) is 9.97 Å². The van der Waals surface area contributed by atoms with E-state index >= 15 is 0 Å². The molecule has 2 aromatic heterocycles. The topological polar surface area (TPSA) is 84.1 Å². The maximum atomic E-state index is 5.26. The molecule has 3 N–H and O–H groups in total. The predicted molar refractivity (Wildman–Crippen MR) is 90.4 cm³/mol. The molecule has 23 heavy (non-hydrogen) atoms. The van der Waals surface area contributed by atoms with Crippen LogP contribution in [-0.4, -0.2) is 42.3 Å². The number of fused-ring (bicyclic) bond motifs is 1. The number of nitrogens with zero attached hydrogens (tertiary/aromatic N) is 2. The van der Waals surface area contributed by atoms with Gasteiger partial charge in [-0.1, -0.05) is 0 Å². The minimum absolute atomic E-state index is 0.719. The normalized spacial score (nSPS) is 10.5. The zero-order valence-corrected chi connectivity index (χ0v) is 13.1. The molecular formula is C16H19N5O2. The Morgan fingerprint density at radius 1 is 1.00 bits per heavy atom. The first-order valence-corrected chi connectivity index (χ1v) is 7.29. The van der Waals surface area contributed by atoms with Crippen molar-refractivity contribution in [3.8, 4) is 11.5 Å². The van der Waals surface area contributed by atoms with E-state index in [0.717, 1.165) is 47.1 Å². The van der Waals surface area contributed by atoms with E-state index in [4.69, 9.17) is 9.47 Å². The SMILES string of the molecule is COc1cc(NCCNc2ncnc3[nH]ccc23)cc(OC)c1. The van der Waals surface area contributed by atoms with Crippen molar-refractivity contribution < 1.29 is 9.47 Å². The predicted octanol–water partition coefficient (Wildman–Crippen LogP) is 2.50. The Balaban J connectivity index is 1.58. The second kappa shape index (κ2) is 6.87. The van der Waals surface area contributed by atoms with Gasteiger partial charge in [0.2, 0.25) is 0 Å². The average Bonchev–Trinajstić information content (AvgIpc) is 3.07. The average molecular weight is 313 g/mol. The number of rotatable bonds is 7. The highest BCUT2D eigenvalue weighted by Crippen LogP contribution is 2.25. The molecule has 0 atom stereocenters. The molecule has 0 aliphatic rings. The summed E-state index contributed by atoms with van der Waals surface area (Å²) in [5.41, 5.74) is 1.77. The summed E-state index contributed by atoms with van der Waals surface area (Å²) in [7, 11) is 3.27. The summed E-state index contributed by atoms with van der Waals surface area (Å²) in [6.45, 7) is 1.45. The van der Waals surface area contributed by atoms with Gasteiger partial charge >= 0.3 is 0 Å². The maximum Gasteiger partial charge on any atom is 0.142 e. The van der Waals surface area contributed by atoms with Crippen molar-refractivity contribution >= 4 is 22.5 Å². The van der Waals surface area contributed by atoms with Crippen LogP contribution >= 0.6 is 0 Å². The van der Waals surface area contributed by atoms with Crippen LogP contribution in [0.1, 0.15) is 0 Å². The standard InChI is InChI=1S/C16H19N5O2/c1-22-12-7-11(8-13(9-12)23-2)17-5-6-19-16-14-3-4-18-15(14)20-10-21-16/h3-4,7-10,17H,5-6H2,1-2H3,(H2,18,19,20,21). The molecular weight excluding hydrogens is 294 g/mol. The van der Waals surface area contributed by atoms with Crippen LogP contribution in [0.15, 0.2) is 36.8 Å². The summed E-state index contributed by atoms with van der Waals surface area (Å²) in [5.74, 6) is 2.33. The van der Waals surface area contributed by atoms with Crippen LogP contribution in [0.25, 0.3) is 11.0 Å². The lowest BCUT2D eigenvalue weighted by Crippen LogP contribution is -2.14. The summed E-state index contributed by atoms with van der Waals surface area (Å²) in [6.07, 6.45) is 3.40. The van der Waals surface area contributed by atoms with E-state index in [-0.39, 0.29) is 0 Å². The van der Waals surface area contributed by atoms with Crippen LogP contribution < -0.4 is 20.1 Å². The second-order valence-electron chi connectivity index (χ2n) is 4.92. The van der Waals surface area contributed by atoms with Crippen molar-refractivity contribution in [3.05, 3.63) is 36.8 Å². The molecule has 0 saturated carbocycles. The molecule has 7 nitrogen and oxygen atoms in total. The molecule has 0 spiro atoms. The number of H-pyrrole nitrogens is 1. The van der Waals surface area contributed by atoms with Crippen LogP contribution in [0.5, 0.6) is 11.5 Å². The monoisotopic (exact) mass is 313 g/mol. The third kappa shape index (κ3) is 3.45. The van der Waals surface area contributed by atoms with Crippen LogP contribution in [0, 0.1) is 0 Å². The van der Waals surface area contributed by atoms with Gasteiger partial charge in [-0.15, -0.1) is 0 Å².